The zero-order chi connectivity index (χ0) is 23.2. The number of ether oxygens (including phenoxy) is 3. The van der Waals surface area contributed by atoms with Gasteiger partial charge in [0.2, 0.25) is 0 Å². The molecule has 2 aliphatic rings. The summed E-state index contributed by atoms with van der Waals surface area (Å²) in [6, 6.07) is 25.5. The highest BCUT2D eigenvalue weighted by molar-refractivity contribution is 5.51. The normalized spacial score (nSPS) is 20.3. The molecule has 34 heavy (non-hydrogen) atoms. The van der Waals surface area contributed by atoms with Crippen LogP contribution in [-0.4, -0.2) is 44.9 Å². The molecule has 3 aromatic carbocycles. The summed E-state index contributed by atoms with van der Waals surface area (Å²) in [5, 5.41) is 0. The maximum atomic E-state index is 6.20. The van der Waals surface area contributed by atoms with Gasteiger partial charge >= 0.3 is 0 Å². The van der Waals surface area contributed by atoms with Gasteiger partial charge in [-0.05, 0) is 73.8 Å². The molecule has 2 atom stereocenters. The fourth-order valence-corrected chi connectivity index (χ4v) is 5.35. The van der Waals surface area contributed by atoms with Crippen molar-refractivity contribution < 1.29 is 14.2 Å². The second-order valence-electron chi connectivity index (χ2n) is 9.38. The second kappa shape index (κ2) is 11.0. The van der Waals surface area contributed by atoms with Crippen LogP contribution in [0.4, 0.5) is 0 Å². The number of nitrogens with zero attached hydrogens (tertiary/aromatic N) is 1. The molecule has 3 aromatic rings. The first-order valence-corrected chi connectivity index (χ1v) is 12.6. The number of fused-ring (bicyclic) bond motifs is 1. The zero-order valence-electron chi connectivity index (χ0n) is 20.1. The smallest absolute Gasteiger partial charge is 0.123 e. The highest BCUT2D eigenvalue weighted by atomic mass is 16.5. The van der Waals surface area contributed by atoms with Gasteiger partial charge in [-0.15, -0.1) is 0 Å². The average molecular weight is 458 g/mol. The number of methoxy groups -OCH3 is 1. The van der Waals surface area contributed by atoms with E-state index < -0.39 is 0 Å². The highest BCUT2D eigenvalue weighted by Crippen LogP contribution is 2.47. The lowest BCUT2D eigenvalue weighted by molar-refractivity contribution is 0.205. The SMILES string of the molecule is COc1ccc2c(c1)C(c1ccc(OCCCN3CCCCC3)cc1)C(c1ccccc1)CO2. The van der Waals surface area contributed by atoms with Crippen LogP contribution in [0.3, 0.4) is 0 Å². The van der Waals surface area contributed by atoms with Crippen LogP contribution < -0.4 is 14.2 Å². The molecular formula is C30H35NO3. The van der Waals surface area contributed by atoms with E-state index in [1.807, 2.05) is 12.1 Å². The first-order chi connectivity index (χ1) is 16.8. The molecule has 1 fully saturated rings. The van der Waals surface area contributed by atoms with Gasteiger partial charge in [-0.3, -0.25) is 0 Å². The van der Waals surface area contributed by atoms with Gasteiger partial charge in [-0.1, -0.05) is 48.9 Å². The average Bonchev–Trinajstić information content (AvgIpc) is 2.91. The van der Waals surface area contributed by atoms with E-state index in [0.717, 1.165) is 36.8 Å². The van der Waals surface area contributed by atoms with Crippen LogP contribution in [0, 0.1) is 0 Å². The standard InChI is InChI=1S/C30H35NO3/c1-32-26-15-16-29-27(21-26)30(28(22-34-29)23-9-4-2-5-10-23)24-11-13-25(14-12-24)33-20-8-19-31-17-6-3-7-18-31/h2,4-5,9-16,21,28,30H,3,6-8,17-20,22H2,1H3. The number of likely N-dealkylation sites (tertiary alicyclic amines) is 1. The Bertz CT molecular complexity index is 1040. The summed E-state index contributed by atoms with van der Waals surface area (Å²) in [6.45, 7) is 5.04. The van der Waals surface area contributed by atoms with Crippen LogP contribution in [0.15, 0.2) is 72.8 Å². The quantitative estimate of drug-likeness (QED) is 0.374. The van der Waals surface area contributed by atoms with Gasteiger partial charge in [0, 0.05) is 23.9 Å². The molecule has 178 valence electrons. The fourth-order valence-electron chi connectivity index (χ4n) is 5.35. The molecule has 5 rings (SSSR count). The third-order valence-electron chi connectivity index (χ3n) is 7.18. The number of piperidine rings is 1. The van der Waals surface area contributed by atoms with E-state index in [1.54, 1.807) is 7.11 Å². The van der Waals surface area contributed by atoms with Gasteiger partial charge in [-0.25, -0.2) is 0 Å². The van der Waals surface area contributed by atoms with Gasteiger partial charge in [0.15, 0.2) is 0 Å². The van der Waals surface area contributed by atoms with E-state index >= 15 is 0 Å². The summed E-state index contributed by atoms with van der Waals surface area (Å²) in [5.74, 6) is 3.16. The van der Waals surface area contributed by atoms with Gasteiger partial charge in [0.05, 0.1) is 20.3 Å². The van der Waals surface area contributed by atoms with Crippen molar-refractivity contribution in [3.63, 3.8) is 0 Å². The van der Waals surface area contributed by atoms with E-state index in [2.05, 4.69) is 65.6 Å². The van der Waals surface area contributed by atoms with Crippen LogP contribution in [0.25, 0.3) is 0 Å². The molecule has 0 aliphatic carbocycles. The maximum Gasteiger partial charge on any atom is 0.123 e. The summed E-state index contributed by atoms with van der Waals surface area (Å²) in [4.78, 5) is 2.57. The predicted octanol–water partition coefficient (Wildman–Crippen LogP) is 6.26. The molecule has 0 amide bonds. The Balaban J connectivity index is 1.32. The molecule has 0 N–H and O–H groups in total. The Morgan fingerprint density at radius 3 is 2.38 bits per heavy atom. The van der Waals surface area contributed by atoms with Crippen LogP contribution in [-0.2, 0) is 0 Å². The van der Waals surface area contributed by atoms with Crippen molar-refractivity contribution in [2.45, 2.75) is 37.5 Å². The number of hydrogen-bond donors (Lipinski definition) is 0. The minimum atomic E-state index is 0.189. The monoisotopic (exact) mass is 457 g/mol. The molecule has 2 aliphatic heterocycles. The molecule has 2 heterocycles. The van der Waals surface area contributed by atoms with Crippen molar-refractivity contribution in [2.24, 2.45) is 0 Å². The fraction of sp³-hybridized carbons (Fsp3) is 0.400. The minimum absolute atomic E-state index is 0.189. The zero-order valence-corrected chi connectivity index (χ0v) is 20.1. The third kappa shape index (κ3) is 5.23. The molecule has 0 saturated carbocycles. The Hall–Kier alpha value is -2.98. The van der Waals surface area contributed by atoms with Gasteiger partial charge < -0.3 is 19.1 Å². The van der Waals surface area contributed by atoms with E-state index in [1.165, 1.54) is 49.0 Å². The Morgan fingerprint density at radius 2 is 1.62 bits per heavy atom. The largest absolute Gasteiger partial charge is 0.497 e. The molecular weight excluding hydrogens is 422 g/mol. The van der Waals surface area contributed by atoms with Gasteiger partial charge in [0.1, 0.15) is 17.2 Å². The first-order valence-electron chi connectivity index (χ1n) is 12.6. The van der Waals surface area contributed by atoms with Crippen molar-refractivity contribution in [3.05, 3.63) is 89.5 Å². The lowest BCUT2D eigenvalue weighted by atomic mass is 9.76. The van der Waals surface area contributed by atoms with Gasteiger partial charge in [-0.2, -0.15) is 0 Å². The summed E-state index contributed by atoms with van der Waals surface area (Å²) in [6.07, 6.45) is 5.14. The molecule has 0 bridgehead atoms. The predicted molar refractivity (Wildman–Crippen MR) is 136 cm³/mol. The molecule has 0 spiro atoms. The van der Waals surface area contributed by atoms with Crippen LogP contribution in [0.2, 0.25) is 0 Å². The maximum absolute atomic E-state index is 6.20. The van der Waals surface area contributed by atoms with Crippen molar-refractivity contribution in [3.8, 4) is 17.2 Å². The van der Waals surface area contributed by atoms with Crippen molar-refractivity contribution >= 4 is 0 Å². The third-order valence-corrected chi connectivity index (χ3v) is 7.18. The number of benzene rings is 3. The molecule has 4 nitrogen and oxygen atoms in total. The lowest BCUT2D eigenvalue weighted by Gasteiger charge is -2.34. The summed E-state index contributed by atoms with van der Waals surface area (Å²) in [7, 11) is 1.71. The van der Waals surface area contributed by atoms with Crippen molar-refractivity contribution in [1.29, 1.82) is 0 Å². The van der Waals surface area contributed by atoms with Crippen molar-refractivity contribution in [1.82, 2.24) is 4.90 Å². The molecule has 1 saturated heterocycles. The summed E-state index contributed by atoms with van der Waals surface area (Å²) in [5.41, 5.74) is 3.74. The topological polar surface area (TPSA) is 30.9 Å². The second-order valence-corrected chi connectivity index (χ2v) is 9.38. The Kier molecular flexibility index (Phi) is 7.35. The first kappa shape index (κ1) is 22.8. The van der Waals surface area contributed by atoms with E-state index in [4.69, 9.17) is 14.2 Å². The summed E-state index contributed by atoms with van der Waals surface area (Å²) >= 11 is 0. The number of hydrogen-bond acceptors (Lipinski definition) is 4. The van der Waals surface area contributed by atoms with E-state index in [0.29, 0.717) is 6.61 Å². The molecule has 2 unspecified atom stereocenters. The Morgan fingerprint density at radius 1 is 0.853 bits per heavy atom. The highest BCUT2D eigenvalue weighted by Gasteiger charge is 2.33. The minimum Gasteiger partial charge on any atom is -0.497 e. The van der Waals surface area contributed by atoms with Crippen LogP contribution in [0.5, 0.6) is 17.2 Å². The van der Waals surface area contributed by atoms with E-state index in [-0.39, 0.29) is 11.8 Å². The van der Waals surface area contributed by atoms with Gasteiger partial charge in [0.25, 0.3) is 0 Å². The Labute approximate surface area is 203 Å². The molecule has 4 heteroatoms. The lowest BCUT2D eigenvalue weighted by Crippen LogP contribution is -2.31. The van der Waals surface area contributed by atoms with E-state index in [9.17, 15) is 0 Å². The van der Waals surface area contributed by atoms with Crippen molar-refractivity contribution in [2.75, 3.05) is 40.0 Å². The van der Waals surface area contributed by atoms with Crippen LogP contribution in [0.1, 0.15) is 54.2 Å². The molecule has 0 radical (unpaired) electrons. The summed E-state index contributed by atoms with van der Waals surface area (Å²) < 4.78 is 17.8. The van der Waals surface area contributed by atoms with Crippen LogP contribution >= 0.6 is 0 Å². The molecule has 0 aromatic heterocycles. The number of rotatable bonds is 8.